The number of carbonyl (C=O) groups excluding carboxylic acids is 3. The number of amides is 3. The second-order valence-corrected chi connectivity index (χ2v) is 7.75. The Hall–Kier alpha value is -2.68. The predicted octanol–water partition coefficient (Wildman–Crippen LogP) is 0.616. The highest BCUT2D eigenvalue weighted by atomic mass is 19.1. The zero-order valence-electron chi connectivity index (χ0n) is 16.1. The first-order chi connectivity index (χ1) is 13.2. The summed E-state index contributed by atoms with van der Waals surface area (Å²) >= 11 is 0. The summed E-state index contributed by atoms with van der Waals surface area (Å²) in [5.41, 5.74) is 4.29. The van der Waals surface area contributed by atoms with E-state index in [1.807, 2.05) is 13.8 Å². The molecule has 152 valence electrons. The minimum atomic E-state index is -1.45. The van der Waals surface area contributed by atoms with E-state index >= 15 is 0 Å². The average Bonchev–Trinajstić information content (AvgIpc) is 3.01. The van der Waals surface area contributed by atoms with Crippen LogP contribution in [-0.2, 0) is 14.4 Å². The molecule has 1 aromatic carbocycles. The Morgan fingerprint density at radius 2 is 2.18 bits per heavy atom. The highest BCUT2D eigenvalue weighted by Crippen LogP contribution is 2.40. The number of rotatable bonds is 5. The van der Waals surface area contributed by atoms with Crippen molar-refractivity contribution in [2.75, 3.05) is 18.9 Å². The summed E-state index contributed by atoms with van der Waals surface area (Å²) in [5, 5.41) is 5.59. The number of likely N-dealkylation sites (N-methyl/N-ethyl adjacent to an activating group) is 1. The molecule has 3 amide bonds. The lowest BCUT2D eigenvalue weighted by Gasteiger charge is -2.34. The van der Waals surface area contributed by atoms with Crippen LogP contribution in [0.5, 0.6) is 5.75 Å². The summed E-state index contributed by atoms with van der Waals surface area (Å²) in [4.78, 5) is 39.2. The number of carbonyl (C=O) groups is 3. The van der Waals surface area contributed by atoms with Crippen LogP contribution in [0.25, 0.3) is 0 Å². The molecule has 1 spiro atoms. The maximum atomic E-state index is 13.4. The van der Waals surface area contributed by atoms with Crippen LogP contribution >= 0.6 is 0 Å². The van der Waals surface area contributed by atoms with Gasteiger partial charge in [-0.05, 0) is 31.5 Å². The summed E-state index contributed by atoms with van der Waals surface area (Å²) in [7, 11) is 1.67. The third-order valence-electron chi connectivity index (χ3n) is 5.20. The molecule has 0 radical (unpaired) electrons. The molecule has 2 aliphatic heterocycles. The lowest BCUT2D eigenvalue weighted by Crippen LogP contribution is -2.54. The monoisotopic (exact) mass is 392 g/mol. The Labute approximate surface area is 162 Å². The first-order valence-corrected chi connectivity index (χ1v) is 9.24. The number of halogens is 1. The van der Waals surface area contributed by atoms with Gasteiger partial charge >= 0.3 is 0 Å². The van der Waals surface area contributed by atoms with Crippen LogP contribution < -0.4 is 21.1 Å². The molecule has 2 heterocycles. The van der Waals surface area contributed by atoms with Gasteiger partial charge < -0.3 is 26.0 Å². The fourth-order valence-corrected chi connectivity index (χ4v) is 3.79. The third-order valence-corrected chi connectivity index (χ3v) is 5.20. The average molecular weight is 392 g/mol. The van der Waals surface area contributed by atoms with Crippen molar-refractivity contribution in [2.24, 2.45) is 11.7 Å². The van der Waals surface area contributed by atoms with Gasteiger partial charge in [-0.25, -0.2) is 4.39 Å². The highest BCUT2D eigenvalue weighted by molar-refractivity contribution is 6.03. The normalized spacial score (nSPS) is 24.7. The second-order valence-electron chi connectivity index (χ2n) is 7.75. The summed E-state index contributed by atoms with van der Waals surface area (Å²) in [6.45, 7) is 3.86. The molecule has 8 nitrogen and oxygen atoms in total. The van der Waals surface area contributed by atoms with E-state index in [-0.39, 0.29) is 36.2 Å². The van der Waals surface area contributed by atoms with E-state index in [2.05, 4.69) is 10.6 Å². The van der Waals surface area contributed by atoms with Crippen LogP contribution in [0.15, 0.2) is 18.2 Å². The molecule has 0 bridgehead atoms. The molecule has 3 rings (SSSR count). The van der Waals surface area contributed by atoms with Gasteiger partial charge in [0.25, 0.3) is 5.91 Å². The zero-order valence-corrected chi connectivity index (χ0v) is 16.1. The largest absolute Gasteiger partial charge is 0.473 e. The van der Waals surface area contributed by atoms with Crippen molar-refractivity contribution in [2.45, 2.75) is 44.4 Å². The molecule has 0 aliphatic carbocycles. The minimum absolute atomic E-state index is 0.0607. The van der Waals surface area contributed by atoms with Crippen molar-refractivity contribution in [3.05, 3.63) is 24.0 Å². The smallest absolute Gasteiger partial charge is 0.270 e. The van der Waals surface area contributed by atoms with Gasteiger partial charge in [0.2, 0.25) is 17.4 Å². The summed E-state index contributed by atoms with van der Waals surface area (Å²) in [6.07, 6.45) is 0.508. The van der Waals surface area contributed by atoms with Gasteiger partial charge in [0, 0.05) is 12.5 Å². The van der Waals surface area contributed by atoms with Crippen molar-refractivity contribution in [1.29, 1.82) is 0 Å². The van der Waals surface area contributed by atoms with E-state index in [1.54, 1.807) is 7.05 Å². The van der Waals surface area contributed by atoms with E-state index < -0.39 is 35.3 Å². The number of benzene rings is 1. The number of anilines is 1. The van der Waals surface area contributed by atoms with Gasteiger partial charge in [-0.2, -0.15) is 0 Å². The number of nitrogens with two attached hydrogens (primary N) is 1. The molecule has 28 heavy (non-hydrogen) atoms. The quantitative estimate of drug-likeness (QED) is 0.680. The lowest BCUT2D eigenvalue weighted by molar-refractivity contribution is -0.140. The van der Waals surface area contributed by atoms with Crippen molar-refractivity contribution in [3.63, 3.8) is 0 Å². The van der Waals surface area contributed by atoms with Gasteiger partial charge in [-0.15, -0.1) is 0 Å². The minimum Gasteiger partial charge on any atom is -0.473 e. The van der Waals surface area contributed by atoms with E-state index in [4.69, 9.17) is 10.5 Å². The van der Waals surface area contributed by atoms with Crippen LogP contribution in [0, 0.1) is 11.7 Å². The standard InChI is InChI=1S/C19H25FN4O4/c1-10(2)6-13(22-3)17(26)24-9-19(8-14(24)16(21)25)18(27)23-12-7-11(20)4-5-15(12)28-19/h4-5,7,10,13-14,22H,6,8-9H2,1-3H3,(H2,21,25)(H,23,27)/t13-,14-,19+/m0/s1. The molecule has 1 fully saturated rings. The van der Waals surface area contributed by atoms with E-state index in [1.165, 1.54) is 17.0 Å². The number of nitrogens with one attached hydrogen (secondary N) is 2. The van der Waals surface area contributed by atoms with E-state index in [9.17, 15) is 18.8 Å². The summed E-state index contributed by atoms with van der Waals surface area (Å²) in [5.74, 6) is -1.52. The molecule has 0 aromatic heterocycles. The van der Waals surface area contributed by atoms with Crippen LogP contribution in [0.4, 0.5) is 10.1 Å². The Morgan fingerprint density at radius 3 is 2.79 bits per heavy atom. The maximum absolute atomic E-state index is 13.4. The highest BCUT2D eigenvalue weighted by Gasteiger charge is 2.57. The topological polar surface area (TPSA) is 114 Å². The molecule has 0 saturated carbocycles. The Morgan fingerprint density at radius 1 is 1.46 bits per heavy atom. The first kappa shape index (κ1) is 20.1. The van der Waals surface area contributed by atoms with Crippen LogP contribution in [0.3, 0.4) is 0 Å². The van der Waals surface area contributed by atoms with Crippen LogP contribution in [0.1, 0.15) is 26.7 Å². The lowest BCUT2D eigenvalue weighted by atomic mass is 9.96. The van der Waals surface area contributed by atoms with Gasteiger partial charge in [0.05, 0.1) is 18.3 Å². The number of fused-ring (bicyclic) bond motifs is 1. The number of nitrogens with zero attached hydrogens (tertiary/aromatic N) is 1. The van der Waals surface area contributed by atoms with Crippen molar-refractivity contribution < 1.29 is 23.5 Å². The number of hydrogen-bond donors (Lipinski definition) is 3. The molecular formula is C19H25FN4O4. The molecule has 2 aliphatic rings. The fourth-order valence-electron chi connectivity index (χ4n) is 3.79. The zero-order chi connectivity index (χ0) is 20.6. The molecule has 9 heteroatoms. The van der Waals surface area contributed by atoms with Gasteiger partial charge in [0.15, 0.2) is 0 Å². The van der Waals surface area contributed by atoms with E-state index in [0.717, 1.165) is 6.07 Å². The molecule has 0 unspecified atom stereocenters. The number of likely N-dealkylation sites (tertiary alicyclic amines) is 1. The number of primary amides is 1. The van der Waals surface area contributed by atoms with Gasteiger partial charge in [-0.1, -0.05) is 13.8 Å². The number of ether oxygens (including phenoxy) is 1. The molecule has 1 saturated heterocycles. The fraction of sp³-hybridized carbons (Fsp3) is 0.526. The SMILES string of the molecule is CN[C@@H](CC(C)C)C(=O)N1C[C@@]2(C[C@H]1C(N)=O)Oc1ccc(F)cc1NC2=O. The van der Waals surface area contributed by atoms with Crippen molar-refractivity contribution >= 4 is 23.4 Å². The Bertz CT molecular complexity index is 815. The van der Waals surface area contributed by atoms with Crippen molar-refractivity contribution in [3.8, 4) is 5.75 Å². The first-order valence-electron chi connectivity index (χ1n) is 9.24. The molecule has 3 atom stereocenters. The van der Waals surface area contributed by atoms with Crippen molar-refractivity contribution in [1.82, 2.24) is 10.2 Å². The van der Waals surface area contributed by atoms with E-state index in [0.29, 0.717) is 6.42 Å². The predicted molar refractivity (Wildman–Crippen MR) is 100 cm³/mol. The Kier molecular flexibility index (Phi) is 5.29. The second kappa shape index (κ2) is 7.38. The van der Waals surface area contributed by atoms with Gasteiger partial charge in [0.1, 0.15) is 17.6 Å². The number of hydrogen-bond acceptors (Lipinski definition) is 5. The summed E-state index contributed by atoms with van der Waals surface area (Å²) in [6, 6.07) is 2.30. The maximum Gasteiger partial charge on any atom is 0.270 e. The Balaban J connectivity index is 1.91. The van der Waals surface area contributed by atoms with Crippen LogP contribution in [-0.4, -0.2) is 53.9 Å². The van der Waals surface area contributed by atoms with Gasteiger partial charge in [-0.3, -0.25) is 14.4 Å². The third kappa shape index (κ3) is 3.54. The summed E-state index contributed by atoms with van der Waals surface area (Å²) < 4.78 is 19.3. The molecule has 1 aromatic rings. The van der Waals surface area contributed by atoms with Crippen LogP contribution in [0.2, 0.25) is 0 Å². The molecule has 4 N–H and O–H groups in total. The molecular weight excluding hydrogens is 367 g/mol.